The number of rotatable bonds is 10. The third kappa shape index (κ3) is 9.62. The van der Waals surface area contributed by atoms with E-state index in [2.05, 4.69) is 0 Å². The van der Waals surface area contributed by atoms with E-state index < -0.39 is 239 Å². The molecule has 2 bridgehead atoms. The highest BCUT2D eigenvalue weighted by molar-refractivity contribution is 6.09. The second kappa shape index (κ2) is 20.5. The van der Waals surface area contributed by atoms with Crippen molar-refractivity contribution < 1.29 is 163 Å². The number of carbonyl (C=O) groups excluding carboxylic acids is 5. The third-order valence-corrected chi connectivity index (χ3v) is 12.3. The number of aromatic carboxylic acids is 1. The number of ether oxygens (including phenoxy) is 7. The minimum Gasteiger partial charge on any atom is -0.504 e. The van der Waals surface area contributed by atoms with E-state index in [9.17, 15) is 130 Å². The van der Waals surface area contributed by atoms with E-state index in [1.807, 2.05) is 0 Å². The van der Waals surface area contributed by atoms with Crippen LogP contribution in [-0.2, 0) is 42.8 Å². The molecule has 18 N–H and O–H groups in total. The number of benzene rings is 5. The van der Waals surface area contributed by atoms with Crippen molar-refractivity contribution in [3.63, 3.8) is 0 Å². The van der Waals surface area contributed by atoms with E-state index in [4.69, 9.17) is 33.2 Å². The van der Waals surface area contributed by atoms with E-state index in [1.54, 1.807) is 0 Å². The monoisotopic (exact) mass is 1140 g/mol. The number of phenolic OH excluding ortho intramolecular Hbond substituents is 14. The van der Waals surface area contributed by atoms with Gasteiger partial charge in [-0.15, -0.1) is 0 Å². The van der Waals surface area contributed by atoms with Crippen LogP contribution in [0.3, 0.4) is 0 Å². The summed E-state index contributed by atoms with van der Waals surface area (Å²) in [5.74, 6) is -41.1. The van der Waals surface area contributed by atoms with Crippen LogP contribution < -0.4 is 4.74 Å². The normalized spacial score (nSPS) is 20.5. The molecule has 33 nitrogen and oxygen atoms in total. The maximum absolute atomic E-state index is 15.0. The lowest BCUT2D eigenvalue weighted by molar-refractivity contribution is -0.287. The predicted octanol–water partition coefficient (Wildman–Crippen LogP) is 0.691. The molecule has 8 rings (SSSR count). The molecule has 0 saturated carbocycles. The Balaban J connectivity index is 1.35. The molecule has 0 aliphatic carbocycles. The summed E-state index contributed by atoms with van der Waals surface area (Å²) in [4.78, 5) is 108. The molecule has 5 aromatic carbocycles. The number of hydrogen-bond acceptors (Lipinski definition) is 30. The standard InChI is InChI=1S/C48H34O33/c49-15-1-9(2-16(50)27(15)56)43(70)81-48-36(65)40-38(78-47(74)13(7-22(54)55)26-25-11(4-18(52)29(58)33(25)62)45(72)79-39(26)42(68)69)21(77-48)8-75-44(71)10-3-17(51)28(57)32(61)23(10)24-12(46(73)80-40)6-20(31(60)34(24)63)76-37-14(41(66)67)5-19(53)30(59)35(37)64/h1-7,21,26,36,38-40,48-53,56-65H,8H2,(H,54,55)(H,66,67)(H,68,69)/t21-,26+,36+,38-,39+,40-,48-/m1/s1. The number of aromatic hydroxyl groups is 14. The van der Waals surface area contributed by atoms with Crippen molar-refractivity contribution in [2.75, 3.05) is 6.61 Å². The first-order valence-electron chi connectivity index (χ1n) is 22.1. The van der Waals surface area contributed by atoms with Crippen molar-refractivity contribution in [3.05, 3.63) is 81.4 Å². The molecule has 1 fully saturated rings. The van der Waals surface area contributed by atoms with Gasteiger partial charge < -0.3 is 125 Å². The van der Waals surface area contributed by atoms with Gasteiger partial charge in [0.25, 0.3) is 0 Å². The molecule has 0 aromatic heterocycles. The van der Waals surface area contributed by atoms with Crippen molar-refractivity contribution >= 4 is 47.8 Å². The Morgan fingerprint density at radius 2 is 1.10 bits per heavy atom. The summed E-state index contributed by atoms with van der Waals surface area (Å²) in [6.07, 6.45) is -16.4. The summed E-state index contributed by atoms with van der Waals surface area (Å²) in [6.45, 7) is -1.49. The lowest BCUT2D eigenvalue weighted by Crippen LogP contribution is -2.62. The van der Waals surface area contributed by atoms with Crippen LogP contribution >= 0.6 is 0 Å². The number of phenols is 14. The second-order valence-electron chi connectivity index (χ2n) is 17.2. The largest absolute Gasteiger partial charge is 0.504 e. The average molecular weight is 1140 g/mol. The smallest absolute Gasteiger partial charge is 0.346 e. The van der Waals surface area contributed by atoms with Gasteiger partial charge in [-0.05, 0) is 24.3 Å². The van der Waals surface area contributed by atoms with Gasteiger partial charge in [0, 0.05) is 34.9 Å². The molecule has 0 unspecified atom stereocenters. The Morgan fingerprint density at radius 1 is 0.568 bits per heavy atom. The molecule has 81 heavy (non-hydrogen) atoms. The van der Waals surface area contributed by atoms with Crippen LogP contribution in [0.5, 0.6) is 92.0 Å². The summed E-state index contributed by atoms with van der Waals surface area (Å²) < 4.78 is 37.7. The molecule has 33 heteroatoms. The van der Waals surface area contributed by atoms with Gasteiger partial charge in [0.15, 0.2) is 81.6 Å². The Bertz CT molecular complexity index is 3630. The van der Waals surface area contributed by atoms with E-state index in [0.717, 1.165) is 0 Å². The highest BCUT2D eigenvalue weighted by atomic mass is 16.7. The number of aliphatic carboxylic acids is 2. The molecular formula is C48H34O33. The number of esters is 5. The summed E-state index contributed by atoms with van der Waals surface area (Å²) >= 11 is 0. The highest BCUT2D eigenvalue weighted by Crippen LogP contribution is 2.56. The first-order chi connectivity index (χ1) is 37.9. The molecule has 1 saturated heterocycles. The second-order valence-corrected chi connectivity index (χ2v) is 17.2. The van der Waals surface area contributed by atoms with Crippen molar-refractivity contribution in [2.24, 2.45) is 0 Å². The fraction of sp³-hybridized carbons (Fsp3) is 0.167. The average Bonchev–Trinajstić information content (AvgIpc) is 3.61. The number of fused-ring (bicyclic) bond motifs is 6. The van der Waals surface area contributed by atoms with Crippen LogP contribution in [0.2, 0.25) is 0 Å². The Morgan fingerprint density at radius 3 is 1.69 bits per heavy atom. The maximum Gasteiger partial charge on any atom is 0.346 e. The van der Waals surface area contributed by atoms with Crippen molar-refractivity contribution in [3.8, 4) is 103 Å². The number of carbonyl (C=O) groups is 8. The highest BCUT2D eigenvalue weighted by Gasteiger charge is 2.55. The topological polar surface area (TPSA) is 565 Å². The van der Waals surface area contributed by atoms with E-state index in [-0.39, 0.29) is 12.1 Å². The van der Waals surface area contributed by atoms with Crippen LogP contribution in [0, 0.1) is 0 Å². The molecule has 424 valence electrons. The van der Waals surface area contributed by atoms with Gasteiger partial charge in [-0.25, -0.2) is 38.4 Å². The fourth-order valence-corrected chi connectivity index (χ4v) is 8.56. The van der Waals surface area contributed by atoms with Gasteiger partial charge in [0.05, 0.1) is 33.7 Å². The van der Waals surface area contributed by atoms with Crippen LogP contribution in [0.25, 0.3) is 11.1 Å². The zero-order chi connectivity index (χ0) is 59.7. The number of carboxylic acids is 3. The minimum absolute atomic E-state index is 0.101. The summed E-state index contributed by atoms with van der Waals surface area (Å²) in [6, 6.07) is 2.25. The number of hydrogen-bond donors (Lipinski definition) is 18. The summed E-state index contributed by atoms with van der Waals surface area (Å²) in [5, 5.41) is 190. The molecule has 0 spiro atoms. The van der Waals surface area contributed by atoms with Gasteiger partial charge in [0.2, 0.25) is 41.1 Å². The van der Waals surface area contributed by atoms with Crippen LogP contribution in [0.1, 0.15) is 63.3 Å². The summed E-state index contributed by atoms with van der Waals surface area (Å²) in [7, 11) is 0. The van der Waals surface area contributed by atoms with E-state index in [1.165, 1.54) is 0 Å². The minimum atomic E-state index is -2.87. The van der Waals surface area contributed by atoms with Gasteiger partial charge in [-0.3, -0.25) is 0 Å². The molecule has 3 aliphatic rings. The third-order valence-electron chi connectivity index (χ3n) is 12.3. The molecule has 3 aliphatic heterocycles. The Labute approximate surface area is 444 Å². The van der Waals surface area contributed by atoms with Crippen molar-refractivity contribution in [1.82, 2.24) is 0 Å². The van der Waals surface area contributed by atoms with Gasteiger partial charge in [-0.2, -0.15) is 0 Å². The van der Waals surface area contributed by atoms with E-state index >= 15 is 0 Å². The molecular weight excluding hydrogens is 1100 g/mol. The lowest BCUT2D eigenvalue weighted by atomic mass is 9.80. The van der Waals surface area contributed by atoms with Gasteiger partial charge in [-0.1, -0.05) is 0 Å². The zero-order valence-corrected chi connectivity index (χ0v) is 39.5. The van der Waals surface area contributed by atoms with Gasteiger partial charge in [0.1, 0.15) is 18.3 Å². The fourth-order valence-electron chi connectivity index (χ4n) is 8.56. The molecule has 5 aromatic rings. The van der Waals surface area contributed by atoms with Crippen LogP contribution in [0.4, 0.5) is 0 Å². The predicted molar refractivity (Wildman–Crippen MR) is 246 cm³/mol. The number of cyclic esters (lactones) is 2. The quantitative estimate of drug-likeness (QED) is 0.0396. The number of aliphatic hydroxyl groups is 1. The van der Waals surface area contributed by atoms with Crippen LogP contribution in [-0.4, -0.2) is 183 Å². The lowest BCUT2D eigenvalue weighted by Gasteiger charge is -2.43. The maximum atomic E-state index is 15.0. The van der Waals surface area contributed by atoms with Crippen molar-refractivity contribution in [1.29, 1.82) is 0 Å². The molecule has 0 radical (unpaired) electrons. The Hall–Kier alpha value is -11.5. The van der Waals surface area contributed by atoms with E-state index in [0.29, 0.717) is 30.3 Å². The first kappa shape index (κ1) is 55.7. The molecule has 3 heterocycles. The zero-order valence-electron chi connectivity index (χ0n) is 39.5. The first-order valence-corrected chi connectivity index (χ1v) is 22.1. The Kier molecular flexibility index (Phi) is 14.1. The number of aliphatic hydroxyl groups excluding tert-OH is 1. The number of carboxylic acid groups (broad SMARTS) is 3. The van der Waals surface area contributed by atoms with Crippen LogP contribution in [0.15, 0.2) is 48.0 Å². The molecule has 0 amide bonds. The van der Waals surface area contributed by atoms with Gasteiger partial charge >= 0.3 is 47.8 Å². The molecule has 7 atom stereocenters. The SMILES string of the molecule is O=C(O)C=C(C(=O)O[C@H]1[C@@H]2OC(=O)c3cc(Oc4c(C(=O)O)cc(O)c(O)c4O)c(O)c(O)c3-c3c(cc(O)c(O)c3O)C(=O)OC[C@H]1O[C@H](OC(=O)c1cc(O)c(O)c(O)c1)[C@H]2O)[C@H]1c2c(cc(O)c(O)c2O)C(=O)O[C@@H]1C(=O)O. The summed E-state index contributed by atoms with van der Waals surface area (Å²) in [5.41, 5.74) is -10.9. The van der Waals surface area contributed by atoms with Crippen molar-refractivity contribution in [2.45, 2.75) is 42.7 Å².